The molecule has 0 amide bonds. The SMILES string of the molecule is COCCNS(=O)(=O)C1CON(C)C1c1ccc(N(C)C)cc1. The second kappa shape index (κ2) is 7.59. The molecule has 1 fully saturated rings. The largest absolute Gasteiger partial charge is 0.383 e. The number of nitrogens with one attached hydrogen (secondary N) is 1. The molecule has 8 heteroatoms. The van der Waals surface area contributed by atoms with Crippen molar-refractivity contribution >= 4 is 15.7 Å². The van der Waals surface area contributed by atoms with E-state index in [2.05, 4.69) is 4.72 Å². The van der Waals surface area contributed by atoms with Gasteiger partial charge >= 0.3 is 0 Å². The zero-order valence-electron chi connectivity index (χ0n) is 14.0. The van der Waals surface area contributed by atoms with Crippen LogP contribution in [0.25, 0.3) is 0 Å². The normalized spacial score (nSPS) is 22.4. The molecule has 2 rings (SSSR count). The number of benzene rings is 1. The Hall–Kier alpha value is -1.19. The number of hydroxylamine groups is 2. The number of methoxy groups -OCH3 is 1. The highest BCUT2D eigenvalue weighted by molar-refractivity contribution is 7.90. The first kappa shape index (κ1) is 18.2. The molecular formula is C15H25N3O4S. The molecule has 2 atom stereocenters. The summed E-state index contributed by atoms with van der Waals surface area (Å²) in [4.78, 5) is 7.47. The molecule has 0 aromatic heterocycles. The summed E-state index contributed by atoms with van der Waals surface area (Å²) in [5.41, 5.74) is 1.98. The molecule has 2 unspecified atom stereocenters. The van der Waals surface area contributed by atoms with Crippen LogP contribution in [0.4, 0.5) is 5.69 Å². The van der Waals surface area contributed by atoms with E-state index in [1.54, 1.807) is 12.1 Å². The Bertz CT molecular complexity index is 604. The van der Waals surface area contributed by atoms with Gasteiger partial charge in [-0.15, -0.1) is 0 Å². The second-order valence-electron chi connectivity index (χ2n) is 5.74. The molecule has 1 saturated heterocycles. The smallest absolute Gasteiger partial charge is 0.218 e. The molecule has 1 heterocycles. The molecule has 130 valence electrons. The minimum Gasteiger partial charge on any atom is -0.383 e. The van der Waals surface area contributed by atoms with Crippen molar-refractivity contribution in [1.82, 2.24) is 9.79 Å². The lowest BCUT2D eigenvalue weighted by Gasteiger charge is -2.24. The van der Waals surface area contributed by atoms with Crippen molar-refractivity contribution < 1.29 is 18.0 Å². The van der Waals surface area contributed by atoms with Gasteiger partial charge < -0.3 is 9.64 Å². The van der Waals surface area contributed by atoms with Crippen LogP contribution < -0.4 is 9.62 Å². The van der Waals surface area contributed by atoms with Crippen molar-refractivity contribution in [3.05, 3.63) is 29.8 Å². The molecule has 0 spiro atoms. The van der Waals surface area contributed by atoms with Crippen LogP contribution in [0.15, 0.2) is 24.3 Å². The number of sulfonamides is 1. The third kappa shape index (κ3) is 4.21. The van der Waals surface area contributed by atoms with Gasteiger partial charge in [-0.2, -0.15) is 5.06 Å². The maximum atomic E-state index is 12.5. The first-order chi connectivity index (χ1) is 10.9. The zero-order valence-corrected chi connectivity index (χ0v) is 14.8. The van der Waals surface area contributed by atoms with Crippen LogP contribution in [0.3, 0.4) is 0 Å². The van der Waals surface area contributed by atoms with Crippen LogP contribution in [0.2, 0.25) is 0 Å². The predicted molar refractivity (Wildman–Crippen MR) is 89.8 cm³/mol. The standard InChI is InChI=1S/C15H25N3O4S/c1-17(2)13-7-5-12(6-8-13)15-14(11-22-18(15)3)23(19,20)16-9-10-21-4/h5-8,14-16H,9-11H2,1-4H3. The van der Waals surface area contributed by atoms with E-state index in [4.69, 9.17) is 9.57 Å². The topological polar surface area (TPSA) is 71.1 Å². The van der Waals surface area contributed by atoms with Gasteiger partial charge in [0.05, 0.1) is 19.3 Å². The summed E-state index contributed by atoms with van der Waals surface area (Å²) in [5, 5.41) is 0.958. The Morgan fingerprint density at radius 3 is 2.57 bits per heavy atom. The first-order valence-corrected chi connectivity index (χ1v) is 9.02. The Morgan fingerprint density at radius 2 is 2.00 bits per heavy atom. The number of nitrogens with zero attached hydrogens (tertiary/aromatic N) is 2. The number of ether oxygens (including phenoxy) is 1. The van der Waals surface area contributed by atoms with Gasteiger partial charge in [-0.1, -0.05) is 12.1 Å². The van der Waals surface area contributed by atoms with Gasteiger partial charge in [0, 0.05) is 40.5 Å². The van der Waals surface area contributed by atoms with Crippen LogP contribution in [0.5, 0.6) is 0 Å². The van der Waals surface area contributed by atoms with Gasteiger partial charge in [0.15, 0.2) is 0 Å². The second-order valence-corrected chi connectivity index (χ2v) is 7.73. The van der Waals surface area contributed by atoms with Crippen LogP contribution in [-0.2, 0) is 19.6 Å². The van der Waals surface area contributed by atoms with Crippen LogP contribution in [-0.4, -0.2) is 66.7 Å². The summed E-state index contributed by atoms with van der Waals surface area (Å²) in [7, 11) is 3.73. The molecular weight excluding hydrogens is 318 g/mol. The monoisotopic (exact) mass is 343 g/mol. The fourth-order valence-corrected chi connectivity index (χ4v) is 4.13. The molecule has 1 aliphatic rings. The molecule has 1 aromatic rings. The van der Waals surface area contributed by atoms with E-state index in [9.17, 15) is 8.42 Å². The summed E-state index contributed by atoms with van der Waals surface area (Å²) in [5.74, 6) is 0. The lowest BCUT2D eigenvalue weighted by Crippen LogP contribution is -2.40. The Morgan fingerprint density at radius 1 is 1.35 bits per heavy atom. The maximum absolute atomic E-state index is 12.5. The van der Waals surface area contributed by atoms with E-state index in [-0.39, 0.29) is 19.2 Å². The molecule has 23 heavy (non-hydrogen) atoms. The van der Waals surface area contributed by atoms with Gasteiger partial charge in [0.25, 0.3) is 0 Å². The van der Waals surface area contributed by atoms with Gasteiger partial charge in [0.1, 0.15) is 5.25 Å². The van der Waals surface area contributed by atoms with Crippen molar-refractivity contribution in [3.8, 4) is 0 Å². The lowest BCUT2D eigenvalue weighted by atomic mass is 10.0. The highest BCUT2D eigenvalue weighted by Gasteiger charge is 2.42. The number of hydrogen-bond acceptors (Lipinski definition) is 6. The quantitative estimate of drug-likeness (QED) is 0.731. The predicted octanol–water partition coefficient (Wildman–Crippen LogP) is 0.605. The Kier molecular flexibility index (Phi) is 5.99. The molecule has 7 nitrogen and oxygen atoms in total. The minimum atomic E-state index is -3.50. The molecule has 1 aromatic carbocycles. The van der Waals surface area contributed by atoms with Crippen molar-refractivity contribution in [2.24, 2.45) is 0 Å². The van der Waals surface area contributed by atoms with Crippen LogP contribution in [0.1, 0.15) is 11.6 Å². The van der Waals surface area contributed by atoms with Crippen LogP contribution >= 0.6 is 0 Å². The van der Waals surface area contributed by atoms with Gasteiger partial charge in [-0.25, -0.2) is 13.1 Å². The third-order valence-corrected chi connectivity index (χ3v) is 5.74. The molecule has 0 bridgehead atoms. The molecule has 1 aliphatic heterocycles. The lowest BCUT2D eigenvalue weighted by molar-refractivity contribution is -0.110. The fourth-order valence-electron chi connectivity index (χ4n) is 2.64. The summed E-state index contributed by atoms with van der Waals surface area (Å²) in [6.07, 6.45) is 0. The van der Waals surface area contributed by atoms with E-state index in [1.165, 1.54) is 7.11 Å². The average Bonchev–Trinajstić information content (AvgIpc) is 2.90. The molecule has 0 radical (unpaired) electrons. The fraction of sp³-hybridized carbons (Fsp3) is 0.600. The highest BCUT2D eigenvalue weighted by Crippen LogP contribution is 2.33. The van der Waals surface area contributed by atoms with E-state index in [0.29, 0.717) is 6.61 Å². The van der Waals surface area contributed by atoms with Crippen molar-refractivity contribution in [2.45, 2.75) is 11.3 Å². The Balaban J connectivity index is 2.20. The van der Waals surface area contributed by atoms with Gasteiger partial charge in [-0.05, 0) is 17.7 Å². The van der Waals surface area contributed by atoms with Crippen molar-refractivity contribution in [1.29, 1.82) is 0 Å². The van der Waals surface area contributed by atoms with Crippen LogP contribution in [0, 0.1) is 0 Å². The molecule has 1 N–H and O–H groups in total. The third-order valence-electron chi connectivity index (χ3n) is 3.95. The summed E-state index contributed by atoms with van der Waals surface area (Å²) >= 11 is 0. The van der Waals surface area contributed by atoms with Gasteiger partial charge in [-0.3, -0.25) is 4.84 Å². The van der Waals surface area contributed by atoms with Crippen molar-refractivity contribution in [3.63, 3.8) is 0 Å². The van der Waals surface area contributed by atoms with E-state index >= 15 is 0 Å². The maximum Gasteiger partial charge on any atom is 0.218 e. The summed E-state index contributed by atoms with van der Waals surface area (Å²) < 4.78 is 32.5. The number of rotatable bonds is 7. The van der Waals surface area contributed by atoms with Crippen molar-refractivity contribution in [2.75, 3.05) is 52.9 Å². The molecule has 0 saturated carbocycles. The first-order valence-electron chi connectivity index (χ1n) is 7.47. The summed E-state index contributed by atoms with van der Waals surface area (Å²) in [6, 6.07) is 7.50. The highest BCUT2D eigenvalue weighted by atomic mass is 32.2. The Labute approximate surface area is 138 Å². The zero-order chi connectivity index (χ0) is 17.0. The van der Waals surface area contributed by atoms with E-state index in [0.717, 1.165) is 11.3 Å². The average molecular weight is 343 g/mol. The van der Waals surface area contributed by atoms with E-state index < -0.39 is 15.3 Å². The minimum absolute atomic E-state index is 0.138. The van der Waals surface area contributed by atoms with E-state index in [1.807, 2.05) is 43.3 Å². The summed E-state index contributed by atoms with van der Waals surface area (Å²) in [6.45, 7) is 0.731. The number of anilines is 1. The number of hydrogen-bond donors (Lipinski definition) is 1. The van der Waals surface area contributed by atoms with Gasteiger partial charge in [0.2, 0.25) is 10.0 Å². The molecule has 0 aliphatic carbocycles.